The van der Waals surface area contributed by atoms with Gasteiger partial charge in [-0.25, -0.2) is 13.8 Å². The molecule has 3 aromatic carbocycles. The molecule has 6 rings (SSSR count). The molecule has 0 radical (unpaired) electrons. The summed E-state index contributed by atoms with van der Waals surface area (Å²) in [6, 6.07) is 16.7. The van der Waals surface area contributed by atoms with Crippen LogP contribution in [-0.2, 0) is 11.3 Å². The first kappa shape index (κ1) is 20.7. The van der Waals surface area contributed by atoms with E-state index >= 15 is 0 Å². The van der Waals surface area contributed by atoms with Gasteiger partial charge in [0.1, 0.15) is 23.5 Å². The number of carbonyl (C=O) groups excluding carboxylic acids is 1. The highest BCUT2D eigenvalue weighted by molar-refractivity contribution is 6.03. The van der Waals surface area contributed by atoms with Crippen molar-refractivity contribution in [1.82, 2.24) is 9.13 Å². The van der Waals surface area contributed by atoms with Crippen molar-refractivity contribution in [3.05, 3.63) is 93.4 Å². The molecule has 1 N–H and O–H groups in total. The number of nitrogens with zero attached hydrogens (tertiary/aromatic N) is 2. The normalized spacial score (nSPS) is 12.4. The molecule has 0 aliphatic carbocycles. The second-order valence-electron chi connectivity index (χ2n) is 7.88. The molecule has 0 saturated carbocycles. The maximum atomic E-state index is 13.5. The Labute approximate surface area is 195 Å². The first-order chi connectivity index (χ1) is 17.0. The fourth-order valence-electron chi connectivity index (χ4n) is 4.13. The predicted octanol–water partition coefficient (Wildman–Crippen LogP) is 3.41. The molecule has 0 fully saturated rings. The number of hydrogen-bond donors (Lipinski definition) is 1. The van der Waals surface area contributed by atoms with Gasteiger partial charge in [0.05, 0.1) is 5.69 Å². The Hall–Kier alpha value is -4.86. The number of hydrogen-bond acceptors (Lipinski definition) is 6. The molecule has 2 aromatic heterocycles. The molecule has 35 heavy (non-hydrogen) atoms. The van der Waals surface area contributed by atoms with Gasteiger partial charge in [-0.05, 0) is 48.5 Å². The number of nitrogens with one attached hydrogen (secondary N) is 1. The van der Waals surface area contributed by atoms with Gasteiger partial charge in [0, 0.05) is 17.1 Å². The lowest BCUT2D eigenvalue weighted by Crippen LogP contribution is -2.40. The predicted molar refractivity (Wildman–Crippen MR) is 125 cm³/mol. The zero-order valence-electron chi connectivity index (χ0n) is 18.0. The lowest BCUT2D eigenvalue weighted by molar-refractivity contribution is -0.116. The SMILES string of the molecule is O=C(Cn1c(=O)n(-c2ccc(F)cc2)c(=O)c2oc3ccccc3c21)Nc1ccc2c(c1)OCO2. The zero-order valence-corrected chi connectivity index (χ0v) is 18.0. The van der Waals surface area contributed by atoms with Crippen LogP contribution in [0.3, 0.4) is 0 Å². The number of furan rings is 1. The molecule has 0 bridgehead atoms. The minimum absolute atomic E-state index is 0.0917. The van der Waals surface area contributed by atoms with Crippen LogP contribution < -0.4 is 26.0 Å². The number of para-hydroxylation sites is 1. The highest BCUT2D eigenvalue weighted by Gasteiger charge is 2.22. The van der Waals surface area contributed by atoms with E-state index in [1.54, 1.807) is 42.5 Å². The van der Waals surface area contributed by atoms with Crippen molar-refractivity contribution < 1.29 is 23.1 Å². The number of rotatable bonds is 4. The number of fused-ring (bicyclic) bond motifs is 4. The third-order valence-electron chi connectivity index (χ3n) is 5.70. The summed E-state index contributed by atoms with van der Waals surface area (Å²) in [6.07, 6.45) is 0. The van der Waals surface area contributed by atoms with Crippen LogP contribution in [0.1, 0.15) is 0 Å². The fourth-order valence-corrected chi connectivity index (χ4v) is 4.13. The van der Waals surface area contributed by atoms with E-state index in [9.17, 15) is 18.8 Å². The number of ether oxygens (including phenoxy) is 2. The van der Waals surface area contributed by atoms with E-state index in [1.165, 1.54) is 16.7 Å². The van der Waals surface area contributed by atoms with Crippen molar-refractivity contribution in [2.45, 2.75) is 6.54 Å². The quantitative estimate of drug-likeness (QED) is 0.429. The van der Waals surface area contributed by atoms with Gasteiger partial charge >= 0.3 is 11.2 Å². The largest absolute Gasteiger partial charge is 0.454 e. The lowest BCUT2D eigenvalue weighted by Gasteiger charge is -2.12. The molecular formula is C25H16FN3O6. The van der Waals surface area contributed by atoms with Crippen LogP contribution in [0, 0.1) is 5.82 Å². The van der Waals surface area contributed by atoms with Crippen LogP contribution in [0.2, 0.25) is 0 Å². The van der Waals surface area contributed by atoms with Gasteiger partial charge in [-0.3, -0.25) is 14.2 Å². The zero-order chi connectivity index (χ0) is 24.1. The summed E-state index contributed by atoms with van der Waals surface area (Å²) in [5, 5.41) is 3.24. The van der Waals surface area contributed by atoms with E-state index in [1.807, 2.05) is 0 Å². The van der Waals surface area contributed by atoms with Gasteiger partial charge in [0.25, 0.3) is 0 Å². The van der Waals surface area contributed by atoms with E-state index < -0.39 is 29.5 Å². The average molecular weight is 473 g/mol. The van der Waals surface area contributed by atoms with E-state index in [0.29, 0.717) is 28.2 Å². The van der Waals surface area contributed by atoms with Crippen molar-refractivity contribution in [2.24, 2.45) is 0 Å². The Balaban J connectivity index is 1.49. The standard InChI is InChI=1S/C25H16FN3O6/c26-14-5-8-16(9-6-14)29-24(31)23-22(17-3-1-2-4-18(17)35-23)28(25(29)32)12-21(30)27-15-7-10-19-20(11-15)34-13-33-19/h1-11H,12-13H2,(H,27,30). The van der Waals surface area contributed by atoms with Gasteiger partial charge in [-0.15, -0.1) is 0 Å². The molecule has 0 atom stereocenters. The molecule has 5 aromatic rings. The Morgan fingerprint density at radius 1 is 0.971 bits per heavy atom. The van der Waals surface area contributed by atoms with Gasteiger partial charge in [-0.1, -0.05) is 12.1 Å². The topological polar surface area (TPSA) is 105 Å². The fraction of sp³-hybridized carbons (Fsp3) is 0.0800. The van der Waals surface area contributed by atoms with Crippen molar-refractivity contribution in [3.8, 4) is 17.2 Å². The summed E-state index contributed by atoms with van der Waals surface area (Å²) in [7, 11) is 0. The number of carbonyl (C=O) groups is 1. The molecule has 1 aliphatic heterocycles. The van der Waals surface area contributed by atoms with Crippen LogP contribution in [0.5, 0.6) is 11.5 Å². The molecule has 1 aliphatic rings. The number of amides is 1. The number of halogens is 1. The van der Waals surface area contributed by atoms with Gasteiger partial charge in [0.2, 0.25) is 18.3 Å². The van der Waals surface area contributed by atoms with Crippen molar-refractivity contribution in [3.63, 3.8) is 0 Å². The highest BCUT2D eigenvalue weighted by Crippen LogP contribution is 2.34. The van der Waals surface area contributed by atoms with Gasteiger partial charge in [0.15, 0.2) is 11.5 Å². The first-order valence-electron chi connectivity index (χ1n) is 10.6. The van der Waals surface area contributed by atoms with Crippen molar-refractivity contribution >= 4 is 33.7 Å². The molecular weight excluding hydrogens is 457 g/mol. The van der Waals surface area contributed by atoms with Gasteiger partial charge in [-0.2, -0.15) is 0 Å². The molecule has 9 nitrogen and oxygen atoms in total. The third-order valence-corrected chi connectivity index (χ3v) is 5.70. The second-order valence-corrected chi connectivity index (χ2v) is 7.88. The second kappa shape index (κ2) is 7.87. The summed E-state index contributed by atoms with van der Waals surface area (Å²) < 4.78 is 31.9. The molecule has 0 saturated heterocycles. The average Bonchev–Trinajstić information content (AvgIpc) is 3.47. The van der Waals surface area contributed by atoms with Gasteiger partial charge < -0.3 is 19.2 Å². The minimum Gasteiger partial charge on any atom is -0.454 e. The number of benzene rings is 3. The summed E-state index contributed by atoms with van der Waals surface area (Å²) in [6.45, 7) is -0.312. The van der Waals surface area contributed by atoms with E-state index in [4.69, 9.17) is 13.9 Å². The molecule has 3 heterocycles. The molecule has 1 amide bonds. The molecule has 10 heteroatoms. The first-order valence-corrected chi connectivity index (χ1v) is 10.6. The molecule has 174 valence electrons. The molecule has 0 unspecified atom stereocenters. The Morgan fingerprint density at radius 3 is 2.57 bits per heavy atom. The summed E-state index contributed by atoms with van der Waals surface area (Å²) in [4.78, 5) is 39.8. The Kier molecular flexibility index (Phi) is 4.66. The maximum absolute atomic E-state index is 13.5. The highest BCUT2D eigenvalue weighted by atomic mass is 19.1. The van der Waals surface area contributed by atoms with Crippen molar-refractivity contribution in [1.29, 1.82) is 0 Å². The lowest BCUT2D eigenvalue weighted by atomic mass is 10.2. The van der Waals surface area contributed by atoms with Crippen LogP contribution in [0.4, 0.5) is 10.1 Å². The summed E-state index contributed by atoms with van der Waals surface area (Å²) in [5.74, 6) is 0.0297. The summed E-state index contributed by atoms with van der Waals surface area (Å²) in [5.41, 5.74) is -0.371. The van der Waals surface area contributed by atoms with Crippen LogP contribution >= 0.6 is 0 Å². The minimum atomic E-state index is -0.763. The van der Waals surface area contributed by atoms with Crippen molar-refractivity contribution in [2.75, 3.05) is 12.1 Å². The van der Waals surface area contributed by atoms with Crippen LogP contribution in [0.25, 0.3) is 27.8 Å². The smallest absolute Gasteiger partial charge is 0.336 e. The molecule has 0 spiro atoms. The maximum Gasteiger partial charge on any atom is 0.336 e. The number of anilines is 1. The van der Waals surface area contributed by atoms with E-state index in [0.717, 1.165) is 16.7 Å². The van der Waals surface area contributed by atoms with Crippen LogP contribution in [-0.4, -0.2) is 21.8 Å². The van der Waals surface area contributed by atoms with Crippen LogP contribution in [0.15, 0.2) is 80.7 Å². The third kappa shape index (κ3) is 3.43. The van der Waals surface area contributed by atoms with E-state index in [-0.39, 0.29) is 23.6 Å². The summed E-state index contributed by atoms with van der Waals surface area (Å²) >= 11 is 0. The Bertz CT molecular complexity index is 1750. The Morgan fingerprint density at radius 2 is 1.74 bits per heavy atom. The van der Waals surface area contributed by atoms with E-state index in [2.05, 4.69) is 5.32 Å². The number of aromatic nitrogens is 2. The monoisotopic (exact) mass is 473 g/mol.